The lowest BCUT2D eigenvalue weighted by Gasteiger charge is -2.31. The topological polar surface area (TPSA) is 101 Å². The van der Waals surface area contributed by atoms with E-state index in [-0.39, 0.29) is 24.8 Å². The summed E-state index contributed by atoms with van der Waals surface area (Å²) in [4.78, 5) is 28.8. The van der Waals surface area contributed by atoms with E-state index < -0.39 is 18.2 Å². The highest BCUT2D eigenvalue weighted by Crippen LogP contribution is 2.22. The number of hydrogen-bond acceptors (Lipinski definition) is 5. The van der Waals surface area contributed by atoms with Crippen LogP contribution in [0.4, 0.5) is 5.69 Å². The first kappa shape index (κ1) is 22.4. The van der Waals surface area contributed by atoms with Crippen LogP contribution in [0.3, 0.4) is 0 Å². The van der Waals surface area contributed by atoms with Gasteiger partial charge in [0, 0.05) is 23.6 Å². The molecule has 3 atom stereocenters. The summed E-state index contributed by atoms with van der Waals surface area (Å²) < 4.78 is 5.85. The van der Waals surface area contributed by atoms with E-state index in [2.05, 4.69) is 15.6 Å². The molecule has 0 radical (unpaired) electrons. The second kappa shape index (κ2) is 10.7. The Morgan fingerprint density at radius 2 is 1.61 bits per heavy atom. The normalized spacial score (nSPS) is 19.6. The van der Waals surface area contributed by atoms with Crippen LogP contribution in [-0.4, -0.2) is 46.8 Å². The smallest absolute Gasteiger partial charge is 0.251 e. The highest BCUT2D eigenvalue weighted by atomic mass is 16.5. The molecule has 3 aromatic rings. The summed E-state index contributed by atoms with van der Waals surface area (Å²) in [5.41, 5.74) is 3.34. The van der Waals surface area contributed by atoms with Gasteiger partial charge in [-0.05, 0) is 35.4 Å². The number of aliphatic hydroxyl groups is 1. The van der Waals surface area contributed by atoms with Crippen LogP contribution in [0.1, 0.15) is 16.8 Å². The van der Waals surface area contributed by atoms with Gasteiger partial charge in [0.25, 0.3) is 5.91 Å². The van der Waals surface area contributed by atoms with Gasteiger partial charge in [0.1, 0.15) is 6.10 Å². The number of benzene rings is 2. The van der Waals surface area contributed by atoms with E-state index in [1.54, 1.807) is 24.3 Å². The Morgan fingerprint density at radius 1 is 0.909 bits per heavy atom. The maximum absolute atomic E-state index is 12.5. The number of nitrogens with zero attached hydrogens (tertiary/aromatic N) is 1. The van der Waals surface area contributed by atoms with E-state index >= 15 is 0 Å². The zero-order valence-electron chi connectivity index (χ0n) is 17.9. The van der Waals surface area contributed by atoms with Gasteiger partial charge in [-0.25, -0.2) is 0 Å². The minimum Gasteiger partial charge on any atom is -0.394 e. The van der Waals surface area contributed by atoms with Gasteiger partial charge >= 0.3 is 0 Å². The molecule has 0 bridgehead atoms. The Bertz CT molecular complexity index is 1100. The van der Waals surface area contributed by atoms with Crippen molar-refractivity contribution in [3.8, 4) is 11.1 Å². The minimum atomic E-state index is -0.649. The summed E-state index contributed by atoms with van der Waals surface area (Å²) in [5, 5.41) is 15.4. The first-order chi connectivity index (χ1) is 16.1. The van der Waals surface area contributed by atoms with Crippen molar-refractivity contribution in [1.29, 1.82) is 0 Å². The summed E-state index contributed by atoms with van der Waals surface area (Å²) in [7, 11) is 0. The third-order valence-corrected chi connectivity index (χ3v) is 5.37. The van der Waals surface area contributed by atoms with Gasteiger partial charge in [0.2, 0.25) is 5.91 Å². The average molecular weight is 444 g/mol. The molecule has 1 aromatic heterocycles. The van der Waals surface area contributed by atoms with Crippen molar-refractivity contribution in [2.75, 3.05) is 11.9 Å². The van der Waals surface area contributed by atoms with Crippen LogP contribution in [0.5, 0.6) is 0 Å². The lowest BCUT2D eigenvalue weighted by molar-refractivity contribution is -0.120. The number of aromatic nitrogens is 1. The van der Waals surface area contributed by atoms with Crippen LogP contribution in [0.25, 0.3) is 11.1 Å². The number of nitrogens with one attached hydrogen (secondary N) is 2. The molecule has 2 amide bonds. The Kier molecular flexibility index (Phi) is 7.24. The van der Waals surface area contributed by atoms with Crippen molar-refractivity contribution in [2.45, 2.75) is 24.7 Å². The minimum absolute atomic E-state index is 0.0957. The predicted molar refractivity (Wildman–Crippen MR) is 126 cm³/mol. The Balaban J connectivity index is 1.32. The van der Waals surface area contributed by atoms with Crippen LogP contribution in [0.2, 0.25) is 0 Å². The quantitative estimate of drug-likeness (QED) is 0.487. The monoisotopic (exact) mass is 443 g/mol. The molecule has 1 aliphatic heterocycles. The zero-order valence-corrected chi connectivity index (χ0v) is 17.9. The molecule has 2 aromatic carbocycles. The Hall–Kier alpha value is -3.81. The van der Waals surface area contributed by atoms with Gasteiger partial charge in [-0.2, -0.15) is 0 Å². The molecule has 2 heterocycles. The largest absolute Gasteiger partial charge is 0.394 e. The predicted octanol–water partition coefficient (Wildman–Crippen LogP) is 3.19. The Morgan fingerprint density at radius 3 is 2.30 bits per heavy atom. The molecule has 7 nitrogen and oxygen atoms in total. The molecule has 0 saturated heterocycles. The Labute approximate surface area is 192 Å². The second-order valence-corrected chi connectivity index (χ2v) is 7.71. The van der Waals surface area contributed by atoms with Gasteiger partial charge in [-0.15, -0.1) is 0 Å². The molecule has 4 rings (SSSR count). The molecule has 168 valence electrons. The molecule has 0 aliphatic carbocycles. The molecule has 1 aliphatic rings. The molecule has 0 saturated carbocycles. The number of aliphatic hydroxyl groups excluding tert-OH is 1. The van der Waals surface area contributed by atoms with Crippen molar-refractivity contribution >= 4 is 17.5 Å². The van der Waals surface area contributed by atoms with E-state index in [1.807, 2.05) is 54.6 Å². The van der Waals surface area contributed by atoms with Crippen LogP contribution >= 0.6 is 0 Å². The maximum Gasteiger partial charge on any atom is 0.251 e. The highest BCUT2D eigenvalue weighted by molar-refractivity contribution is 5.94. The standard InChI is InChI=1S/C26H25N3O4/c30-17-24-23(29-26(32)20-12-14-27-15-13-20)11-10-22(33-24)16-25(31)28-21-8-6-19(7-9-21)18-4-2-1-3-5-18/h1-15,22-24,30H,16-17H2,(H,28,31)(H,29,32)/t22-,23-,24+/m1/s1. The number of carbonyl (C=O) groups is 2. The molecule has 0 fully saturated rings. The number of ether oxygens (including phenoxy) is 1. The molecular weight excluding hydrogens is 418 g/mol. The number of rotatable bonds is 7. The zero-order chi connectivity index (χ0) is 23.0. The lowest BCUT2D eigenvalue weighted by atomic mass is 10.0. The van der Waals surface area contributed by atoms with E-state index in [1.165, 1.54) is 12.4 Å². The fourth-order valence-corrected chi connectivity index (χ4v) is 3.65. The summed E-state index contributed by atoms with van der Waals surface area (Å²) in [6.45, 7) is -0.287. The highest BCUT2D eigenvalue weighted by Gasteiger charge is 2.29. The second-order valence-electron chi connectivity index (χ2n) is 7.71. The summed E-state index contributed by atoms with van der Waals surface area (Å²) in [6.07, 6.45) is 5.52. The van der Waals surface area contributed by atoms with Crippen LogP contribution in [0, 0.1) is 0 Å². The van der Waals surface area contributed by atoms with Gasteiger partial charge in [0.05, 0.1) is 25.2 Å². The maximum atomic E-state index is 12.5. The fourth-order valence-electron chi connectivity index (χ4n) is 3.65. The van der Waals surface area contributed by atoms with Crippen molar-refractivity contribution in [2.24, 2.45) is 0 Å². The van der Waals surface area contributed by atoms with E-state index in [4.69, 9.17) is 4.74 Å². The van der Waals surface area contributed by atoms with E-state index in [9.17, 15) is 14.7 Å². The van der Waals surface area contributed by atoms with Crippen LogP contribution in [-0.2, 0) is 9.53 Å². The van der Waals surface area contributed by atoms with E-state index in [0.717, 1.165) is 11.1 Å². The molecule has 7 heteroatoms. The number of pyridine rings is 1. The van der Waals surface area contributed by atoms with Gasteiger partial charge in [-0.1, -0.05) is 54.6 Å². The van der Waals surface area contributed by atoms with Crippen molar-refractivity contribution in [1.82, 2.24) is 10.3 Å². The average Bonchev–Trinajstić information content (AvgIpc) is 2.86. The van der Waals surface area contributed by atoms with Crippen molar-refractivity contribution in [3.63, 3.8) is 0 Å². The van der Waals surface area contributed by atoms with Crippen molar-refractivity contribution < 1.29 is 19.4 Å². The number of amides is 2. The van der Waals surface area contributed by atoms with Crippen LogP contribution in [0.15, 0.2) is 91.3 Å². The molecule has 0 unspecified atom stereocenters. The van der Waals surface area contributed by atoms with Gasteiger partial charge < -0.3 is 20.5 Å². The number of hydrogen-bond donors (Lipinski definition) is 3. The first-order valence-electron chi connectivity index (χ1n) is 10.7. The molecule has 0 spiro atoms. The van der Waals surface area contributed by atoms with Gasteiger partial charge in [-0.3, -0.25) is 14.6 Å². The molecular formula is C26H25N3O4. The molecule has 33 heavy (non-hydrogen) atoms. The molecule has 3 N–H and O–H groups in total. The summed E-state index contributed by atoms with van der Waals surface area (Å²) >= 11 is 0. The number of anilines is 1. The lowest BCUT2D eigenvalue weighted by Crippen LogP contribution is -2.48. The fraction of sp³-hybridized carbons (Fsp3) is 0.192. The first-order valence-corrected chi connectivity index (χ1v) is 10.7. The number of carbonyl (C=O) groups excluding carboxylic acids is 2. The van der Waals surface area contributed by atoms with Crippen molar-refractivity contribution in [3.05, 3.63) is 96.8 Å². The van der Waals surface area contributed by atoms with E-state index in [0.29, 0.717) is 11.3 Å². The third kappa shape index (κ3) is 5.91. The van der Waals surface area contributed by atoms with Crippen LogP contribution < -0.4 is 10.6 Å². The summed E-state index contributed by atoms with van der Waals surface area (Å²) in [6, 6.07) is 20.4. The summed E-state index contributed by atoms with van der Waals surface area (Å²) in [5.74, 6) is -0.489. The third-order valence-electron chi connectivity index (χ3n) is 5.37. The van der Waals surface area contributed by atoms with Gasteiger partial charge in [0.15, 0.2) is 0 Å². The SMILES string of the molecule is O=C(C[C@H]1C=C[C@@H](NC(=O)c2ccncc2)[C@H](CO)O1)Nc1ccc(-c2ccccc2)cc1.